The monoisotopic (exact) mass is 496 g/mol. The van der Waals surface area contributed by atoms with Crippen LogP contribution in [0.1, 0.15) is 18.8 Å². The molecule has 8 nitrogen and oxygen atoms in total. The van der Waals surface area contributed by atoms with Crippen molar-refractivity contribution in [2.75, 3.05) is 24.8 Å². The summed E-state index contributed by atoms with van der Waals surface area (Å²) in [4.78, 5) is 12.5. The molecule has 3 rings (SSSR count). The first-order valence-corrected chi connectivity index (χ1v) is 11.1. The minimum Gasteiger partial charge on any atom is -0.483 e. The maximum absolute atomic E-state index is 13.9. The molecular weight excluding hydrogens is 473 g/mol. The van der Waals surface area contributed by atoms with Gasteiger partial charge < -0.3 is 19.5 Å². The number of benzene rings is 2. The van der Waals surface area contributed by atoms with Crippen molar-refractivity contribution in [3.63, 3.8) is 0 Å². The highest BCUT2D eigenvalue weighted by Gasteiger charge is 2.20. The fourth-order valence-electron chi connectivity index (χ4n) is 3.05. The Hall–Kier alpha value is -3.25. The zero-order valence-corrected chi connectivity index (χ0v) is 19.2. The normalized spacial score (nSPS) is 11.9. The van der Waals surface area contributed by atoms with Crippen LogP contribution in [0.25, 0.3) is 0 Å². The number of amides is 1. The number of alkyl halides is 2. The number of anilines is 1. The number of rotatable bonds is 12. The predicted octanol–water partition coefficient (Wildman–Crippen LogP) is 4.54. The summed E-state index contributed by atoms with van der Waals surface area (Å²) in [6, 6.07) is 11.7. The Labute approximate surface area is 198 Å². The molecule has 182 valence electrons. The van der Waals surface area contributed by atoms with Gasteiger partial charge in [-0.2, -0.15) is 8.78 Å². The highest BCUT2D eigenvalue weighted by atomic mass is 32.2. The number of nitrogens with one attached hydrogen (secondary N) is 1. The van der Waals surface area contributed by atoms with Crippen LogP contribution >= 0.6 is 11.8 Å². The zero-order valence-electron chi connectivity index (χ0n) is 18.4. The van der Waals surface area contributed by atoms with Crippen LogP contribution in [0.4, 0.5) is 18.9 Å². The lowest BCUT2D eigenvalue weighted by Gasteiger charge is -2.17. The van der Waals surface area contributed by atoms with Gasteiger partial charge in [-0.1, -0.05) is 36.0 Å². The molecular formula is C22H23F3N4O4S. The molecule has 1 N–H and O–H groups in total. The van der Waals surface area contributed by atoms with Gasteiger partial charge in [0.2, 0.25) is 5.91 Å². The second-order valence-electron chi connectivity index (χ2n) is 7.00. The third-order valence-electron chi connectivity index (χ3n) is 4.49. The number of nitrogens with zero attached hydrogens (tertiary/aromatic N) is 3. The molecule has 0 fully saturated rings. The van der Waals surface area contributed by atoms with Crippen molar-refractivity contribution in [1.29, 1.82) is 0 Å². The number of hydrogen-bond acceptors (Lipinski definition) is 7. The van der Waals surface area contributed by atoms with Crippen LogP contribution in [0, 0.1) is 5.82 Å². The minimum absolute atomic E-state index is 0.0485. The Morgan fingerprint density at radius 3 is 2.53 bits per heavy atom. The van der Waals surface area contributed by atoms with Gasteiger partial charge in [-0.25, -0.2) is 4.39 Å². The van der Waals surface area contributed by atoms with Crippen LogP contribution in [0.15, 0.2) is 53.7 Å². The predicted molar refractivity (Wildman–Crippen MR) is 120 cm³/mol. The number of halogens is 3. The van der Waals surface area contributed by atoms with E-state index in [-0.39, 0.29) is 35.6 Å². The largest absolute Gasteiger partial charge is 0.483 e. The fourth-order valence-corrected chi connectivity index (χ4v) is 3.91. The number of carbonyl (C=O) groups excluding carboxylic acids is 1. The van der Waals surface area contributed by atoms with Crippen molar-refractivity contribution < 1.29 is 32.2 Å². The van der Waals surface area contributed by atoms with E-state index >= 15 is 0 Å². The quantitative estimate of drug-likeness (QED) is 0.369. The molecule has 12 heteroatoms. The number of hydrogen-bond donors (Lipinski definition) is 1. The lowest BCUT2D eigenvalue weighted by atomic mass is 10.3. The number of carbonyl (C=O) groups is 1. The van der Waals surface area contributed by atoms with E-state index in [1.807, 2.05) is 6.92 Å². The zero-order chi connectivity index (χ0) is 24.5. The molecule has 1 atom stereocenters. The molecule has 0 spiro atoms. The molecule has 0 saturated carbocycles. The molecule has 1 unspecified atom stereocenters. The van der Waals surface area contributed by atoms with Gasteiger partial charge in [0.15, 0.2) is 22.5 Å². The lowest BCUT2D eigenvalue weighted by Crippen LogP contribution is -2.18. The first kappa shape index (κ1) is 25.4. The summed E-state index contributed by atoms with van der Waals surface area (Å²) in [5.41, 5.74) is 0.126. The molecule has 0 aliphatic carbocycles. The Morgan fingerprint density at radius 2 is 1.82 bits per heavy atom. The van der Waals surface area contributed by atoms with E-state index in [2.05, 4.69) is 20.3 Å². The summed E-state index contributed by atoms with van der Waals surface area (Å²) >= 11 is 1.10. The van der Waals surface area contributed by atoms with E-state index in [0.717, 1.165) is 11.8 Å². The summed E-state index contributed by atoms with van der Waals surface area (Å²) in [5, 5.41) is 11.2. The van der Waals surface area contributed by atoms with Gasteiger partial charge in [0.1, 0.15) is 12.4 Å². The Morgan fingerprint density at radius 1 is 1.12 bits per heavy atom. The van der Waals surface area contributed by atoms with Crippen molar-refractivity contribution in [1.82, 2.24) is 14.8 Å². The minimum atomic E-state index is -3.02. The summed E-state index contributed by atoms with van der Waals surface area (Å²) in [6.07, 6.45) is 0. The van der Waals surface area contributed by atoms with E-state index in [4.69, 9.17) is 9.47 Å². The molecule has 34 heavy (non-hydrogen) atoms. The standard InChI is InChI=1S/C22H23F3N4O4S/c1-14(11-31-2)29-19(12-32-17-9-5-3-7-15(17)23)27-28-22(29)34-13-20(30)26-16-8-4-6-10-18(16)33-21(24)25/h3-10,14,21H,11-13H2,1-2H3,(H,26,30). The summed E-state index contributed by atoms with van der Waals surface area (Å²) < 4.78 is 56.0. The molecule has 0 aliphatic heterocycles. The molecule has 0 radical (unpaired) electrons. The topological polar surface area (TPSA) is 87.5 Å². The van der Waals surface area contributed by atoms with Crippen LogP contribution in [0.3, 0.4) is 0 Å². The van der Waals surface area contributed by atoms with Gasteiger partial charge in [-0.15, -0.1) is 10.2 Å². The highest BCUT2D eigenvalue weighted by Crippen LogP contribution is 2.27. The smallest absolute Gasteiger partial charge is 0.387 e. The average molecular weight is 497 g/mol. The Kier molecular flexibility index (Phi) is 9.16. The van der Waals surface area contributed by atoms with Crippen molar-refractivity contribution in [3.8, 4) is 11.5 Å². The van der Waals surface area contributed by atoms with Crippen LogP contribution in [0.2, 0.25) is 0 Å². The van der Waals surface area contributed by atoms with Crippen LogP contribution in [-0.4, -0.2) is 46.8 Å². The molecule has 3 aromatic rings. The summed E-state index contributed by atoms with van der Waals surface area (Å²) in [7, 11) is 1.55. The van der Waals surface area contributed by atoms with Gasteiger partial charge in [0.05, 0.1) is 24.1 Å². The van der Waals surface area contributed by atoms with E-state index in [1.165, 1.54) is 30.3 Å². The number of aromatic nitrogens is 3. The van der Waals surface area contributed by atoms with Gasteiger partial charge in [-0.05, 0) is 31.2 Å². The van der Waals surface area contributed by atoms with E-state index in [0.29, 0.717) is 17.6 Å². The molecule has 0 bridgehead atoms. The average Bonchev–Trinajstić information content (AvgIpc) is 3.21. The number of ether oxygens (including phenoxy) is 3. The van der Waals surface area contributed by atoms with Crippen molar-refractivity contribution in [2.45, 2.75) is 31.3 Å². The fraction of sp³-hybridized carbons (Fsp3) is 0.318. The summed E-state index contributed by atoms with van der Waals surface area (Å²) in [6.45, 7) is -0.851. The van der Waals surface area contributed by atoms with Crippen LogP contribution in [0.5, 0.6) is 11.5 Å². The first-order valence-electron chi connectivity index (χ1n) is 10.2. The van der Waals surface area contributed by atoms with Gasteiger partial charge in [0, 0.05) is 7.11 Å². The molecule has 1 amide bonds. The molecule has 0 saturated heterocycles. The second-order valence-corrected chi connectivity index (χ2v) is 7.95. The Balaban J connectivity index is 1.69. The third kappa shape index (κ3) is 6.87. The van der Waals surface area contributed by atoms with E-state index < -0.39 is 18.3 Å². The SMILES string of the molecule is COCC(C)n1c(COc2ccccc2F)nnc1SCC(=O)Nc1ccccc1OC(F)F. The van der Waals surface area contributed by atoms with Gasteiger partial charge in [0.25, 0.3) is 0 Å². The number of thioether (sulfide) groups is 1. The molecule has 1 heterocycles. The van der Waals surface area contributed by atoms with Gasteiger partial charge in [-0.3, -0.25) is 9.36 Å². The van der Waals surface area contributed by atoms with Crippen LogP contribution < -0.4 is 14.8 Å². The number of methoxy groups -OCH3 is 1. The maximum Gasteiger partial charge on any atom is 0.387 e. The number of para-hydroxylation sites is 3. The lowest BCUT2D eigenvalue weighted by molar-refractivity contribution is -0.113. The maximum atomic E-state index is 13.9. The molecule has 0 aliphatic rings. The highest BCUT2D eigenvalue weighted by molar-refractivity contribution is 7.99. The second kappa shape index (κ2) is 12.3. The van der Waals surface area contributed by atoms with Crippen LogP contribution in [-0.2, 0) is 16.1 Å². The van der Waals surface area contributed by atoms with Crippen molar-refractivity contribution >= 4 is 23.4 Å². The van der Waals surface area contributed by atoms with Crippen molar-refractivity contribution in [3.05, 3.63) is 60.2 Å². The van der Waals surface area contributed by atoms with Crippen molar-refractivity contribution in [2.24, 2.45) is 0 Å². The molecule has 2 aromatic carbocycles. The van der Waals surface area contributed by atoms with E-state index in [1.54, 1.807) is 29.9 Å². The Bertz CT molecular complexity index is 1100. The van der Waals surface area contributed by atoms with Gasteiger partial charge >= 0.3 is 6.61 Å². The van der Waals surface area contributed by atoms with E-state index in [9.17, 15) is 18.0 Å². The summed E-state index contributed by atoms with van der Waals surface area (Å²) in [5.74, 6) is -0.662. The molecule has 1 aromatic heterocycles. The third-order valence-corrected chi connectivity index (χ3v) is 5.43. The first-order chi connectivity index (χ1) is 16.4.